The molecule has 2 unspecified atom stereocenters. The van der Waals surface area contributed by atoms with Gasteiger partial charge in [0, 0.05) is 24.8 Å². The van der Waals surface area contributed by atoms with Crippen LogP contribution < -0.4 is 10.6 Å². The first-order valence-electron chi connectivity index (χ1n) is 6.42. The summed E-state index contributed by atoms with van der Waals surface area (Å²) < 4.78 is 0. The second-order valence-corrected chi connectivity index (χ2v) is 5.22. The molecule has 2 heteroatoms. The summed E-state index contributed by atoms with van der Waals surface area (Å²) in [6.45, 7) is 4.47. The van der Waals surface area contributed by atoms with E-state index in [1.165, 1.54) is 36.1 Å². The molecule has 1 aromatic carbocycles. The molecule has 2 N–H and O–H groups in total. The summed E-state index contributed by atoms with van der Waals surface area (Å²) in [7, 11) is 0. The molecule has 2 nitrogen and oxygen atoms in total. The Morgan fingerprint density at radius 2 is 2.31 bits per heavy atom. The van der Waals surface area contributed by atoms with Crippen molar-refractivity contribution in [2.75, 3.05) is 11.9 Å². The second-order valence-electron chi connectivity index (χ2n) is 5.22. The fourth-order valence-corrected chi connectivity index (χ4v) is 2.49. The Labute approximate surface area is 97.4 Å². The van der Waals surface area contributed by atoms with E-state index in [1.54, 1.807) is 0 Å². The Kier molecular flexibility index (Phi) is 2.60. The lowest BCUT2D eigenvalue weighted by Crippen LogP contribution is -2.18. The highest BCUT2D eigenvalue weighted by molar-refractivity contribution is 5.54. The molecule has 0 amide bonds. The van der Waals surface area contributed by atoms with Crippen molar-refractivity contribution in [1.82, 2.24) is 5.32 Å². The van der Waals surface area contributed by atoms with Crippen LogP contribution in [0.2, 0.25) is 0 Å². The third-order valence-electron chi connectivity index (χ3n) is 3.79. The van der Waals surface area contributed by atoms with Crippen LogP contribution in [0.4, 0.5) is 5.69 Å². The third kappa shape index (κ3) is 2.07. The number of rotatable bonds is 3. The van der Waals surface area contributed by atoms with Gasteiger partial charge in [0.2, 0.25) is 0 Å². The normalized spacial score (nSPS) is 27.1. The molecule has 0 saturated heterocycles. The topological polar surface area (TPSA) is 24.1 Å². The molecule has 1 heterocycles. The molecule has 2 atom stereocenters. The average molecular weight is 216 g/mol. The van der Waals surface area contributed by atoms with Crippen LogP contribution >= 0.6 is 0 Å². The zero-order valence-electron chi connectivity index (χ0n) is 9.92. The van der Waals surface area contributed by atoms with Gasteiger partial charge in [0.05, 0.1) is 0 Å². The van der Waals surface area contributed by atoms with E-state index >= 15 is 0 Å². The van der Waals surface area contributed by atoms with Crippen molar-refractivity contribution in [3.63, 3.8) is 0 Å². The summed E-state index contributed by atoms with van der Waals surface area (Å²) in [5.74, 6) is 0.888. The maximum absolute atomic E-state index is 3.61. The SMILES string of the molecule is CC1CC1NCc1ccc2c(c1)CCCN2. The fourth-order valence-electron chi connectivity index (χ4n) is 2.49. The molecule has 1 aliphatic heterocycles. The van der Waals surface area contributed by atoms with Crippen molar-refractivity contribution in [2.45, 2.75) is 38.8 Å². The lowest BCUT2D eigenvalue weighted by Gasteiger charge is -2.18. The van der Waals surface area contributed by atoms with E-state index in [4.69, 9.17) is 0 Å². The van der Waals surface area contributed by atoms with Gasteiger partial charge in [0.15, 0.2) is 0 Å². The lowest BCUT2D eigenvalue weighted by atomic mass is 10.0. The summed E-state index contributed by atoms with van der Waals surface area (Å²) in [6.07, 6.45) is 3.85. The Morgan fingerprint density at radius 1 is 1.44 bits per heavy atom. The number of nitrogens with one attached hydrogen (secondary N) is 2. The van der Waals surface area contributed by atoms with E-state index in [0.29, 0.717) is 0 Å². The van der Waals surface area contributed by atoms with Gasteiger partial charge in [-0.05, 0) is 42.4 Å². The maximum atomic E-state index is 3.61. The smallest absolute Gasteiger partial charge is 0.0372 e. The molecule has 3 rings (SSSR count). The molecule has 2 aliphatic rings. The van der Waals surface area contributed by atoms with Crippen LogP contribution in [0.3, 0.4) is 0 Å². The zero-order valence-corrected chi connectivity index (χ0v) is 9.92. The van der Waals surface area contributed by atoms with Gasteiger partial charge in [0.25, 0.3) is 0 Å². The molecule has 0 bridgehead atoms. The van der Waals surface area contributed by atoms with Crippen molar-refractivity contribution in [3.8, 4) is 0 Å². The summed E-state index contributed by atoms with van der Waals surface area (Å²) >= 11 is 0. The number of anilines is 1. The quantitative estimate of drug-likeness (QED) is 0.811. The molecule has 0 spiro atoms. The summed E-state index contributed by atoms with van der Waals surface area (Å²) in [5, 5.41) is 7.06. The van der Waals surface area contributed by atoms with Gasteiger partial charge in [0.1, 0.15) is 0 Å². The first-order chi connectivity index (χ1) is 7.83. The number of hydrogen-bond acceptors (Lipinski definition) is 2. The highest BCUT2D eigenvalue weighted by Gasteiger charge is 2.31. The highest BCUT2D eigenvalue weighted by atomic mass is 15.0. The molecule has 1 aliphatic carbocycles. The molecule has 0 radical (unpaired) electrons. The van der Waals surface area contributed by atoms with Crippen LogP contribution in [-0.4, -0.2) is 12.6 Å². The first kappa shape index (κ1) is 10.2. The molecule has 16 heavy (non-hydrogen) atoms. The van der Waals surface area contributed by atoms with Crippen LogP contribution in [0.15, 0.2) is 18.2 Å². The molecule has 1 saturated carbocycles. The fraction of sp³-hybridized carbons (Fsp3) is 0.571. The van der Waals surface area contributed by atoms with Crippen molar-refractivity contribution >= 4 is 5.69 Å². The van der Waals surface area contributed by atoms with Crippen molar-refractivity contribution in [1.29, 1.82) is 0 Å². The number of hydrogen-bond donors (Lipinski definition) is 2. The van der Waals surface area contributed by atoms with Gasteiger partial charge in [-0.2, -0.15) is 0 Å². The minimum atomic E-state index is 0.772. The minimum absolute atomic E-state index is 0.772. The lowest BCUT2D eigenvalue weighted by molar-refractivity contribution is 0.651. The van der Waals surface area contributed by atoms with Gasteiger partial charge in [-0.15, -0.1) is 0 Å². The van der Waals surface area contributed by atoms with Crippen LogP contribution in [0.5, 0.6) is 0 Å². The van der Waals surface area contributed by atoms with E-state index in [2.05, 4.69) is 35.8 Å². The van der Waals surface area contributed by atoms with Gasteiger partial charge in [-0.1, -0.05) is 19.1 Å². The van der Waals surface area contributed by atoms with Crippen molar-refractivity contribution < 1.29 is 0 Å². The third-order valence-corrected chi connectivity index (χ3v) is 3.79. The van der Waals surface area contributed by atoms with E-state index in [-0.39, 0.29) is 0 Å². The Balaban J connectivity index is 1.66. The molecule has 1 aromatic rings. The number of benzene rings is 1. The van der Waals surface area contributed by atoms with Gasteiger partial charge < -0.3 is 10.6 Å². The Morgan fingerprint density at radius 3 is 3.12 bits per heavy atom. The Hall–Kier alpha value is -1.02. The highest BCUT2D eigenvalue weighted by Crippen LogP contribution is 2.29. The van der Waals surface area contributed by atoms with Gasteiger partial charge in [-0.3, -0.25) is 0 Å². The minimum Gasteiger partial charge on any atom is -0.385 e. The number of fused-ring (bicyclic) bond motifs is 1. The monoisotopic (exact) mass is 216 g/mol. The first-order valence-corrected chi connectivity index (χ1v) is 6.42. The van der Waals surface area contributed by atoms with Crippen LogP contribution in [0.25, 0.3) is 0 Å². The predicted molar refractivity (Wildman–Crippen MR) is 67.7 cm³/mol. The predicted octanol–water partition coefficient (Wildman–Crippen LogP) is 2.54. The molecular weight excluding hydrogens is 196 g/mol. The van der Waals surface area contributed by atoms with Crippen LogP contribution in [-0.2, 0) is 13.0 Å². The van der Waals surface area contributed by atoms with Gasteiger partial charge >= 0.3 is 0 Å². The molecular formula is C14H20N2. The summed E-state index contributed by atoms with van der Waals surface area (Å²) in [5.41, 5.74) is 4.27. The van der Waals surface area contributed by atoms with Crippen LogP contribution in [0, 0.1) is 5.92 Å². The molecule has 0 aromatic heterocycles. The maximum Gasteiger partial charge on any atom is 0.0372 e. The van der Waals surface area contributed by atoms with Gasteiger partial charge in [-0.25, -0.2) is 0 Å². The van der Waals surface area contributed by atoms with E-state index in [0.717, 1.165) is 25.0 Å². The summed E-state index contributed by atoms with van der Waals surface area (Å²) in [6, 6.07) is 7.62. The largest absolute Gasteiger partial charge is 0.385 e. The van der Waals surface area contributed by atoms with Crippen molar-refractivity contribution in [3.05, 3.63) is 29.3 Å². The van der Waals surface area contributed by atoms with Crippen molar-refractivity contribution in [2.24, 2.45) is 5.92 Å². The molecule has 1 fully saturated rings. The zero-order chi connectivity index (χ0) is 11.0. The van der Waals surface area contributed by atoms with E-state index in [1.807, 2.05) is 0 Å². The standard InChI is InChI=1S/C14H20N2/c1-10-7-14(10)16-9-11-4-5-13-12(8-11)3-2-6-15-13/h4-5,8,10,14-16H,2-3,6-7,9H2,1H3. The summed E-state index contributed by atoms with van der Waals surface area (Å²) in [4.78, 5) is 0. The van der Waals surface area contributed by atoms with Crippen LogP contribution in [0.1, 0.15) is 30.9 Å². The second kappa shape index (κ2) is 4.10. The Bertz CT molecular complexity index is 386. The van der Waals surface area contributed by atoms with E-state index < -0.39 is 0 Å². The number of aryl methyl sites for hydroxylation is 1. The molecule has 86 valence electrons. The van der Waals surface area contributed by atoms with E-state index in [9.17, 15) is 0 Å². The average Bonchev–Trinajstić information content (AvgIpc) is 3.03.